The van der Waals surface area contributed by atoms with E-state index in [4.69, 9.17) is 9.26 Å². The molecule has 1 aliphatic heterocycles. The summed E-state index contributed by atoms with van der Waals surface area (Å²) in [5.41, 5.74) is 4.30. The fraction of sp³-hybridized carbons (Fsp3) is 0.364. The molecule has 2 aromatic carbocycles. The lowest BCUT2D eigenvalue weighted by atomic mass is 10.0. The summed E-state index contributed by atoms with van der Waals surface area (Å²) in [5.74, 6) is 0.196. The van der Waals surface area contributed by atoms with Gasteiger partial charge in [0.1, 0.15) is 35.6 Å². The lowest BCUT2D eigenvalue weighted by molar-refractivity contribution is -0.117. The summed E-state index contributed by atoms with van der Waals surface area (Å²) < 4.78 is 32.9. The topological polar surface area (TPSA) is 198 Å². The SMILES string of the molecule is COP(=O)(O)OC1CC(n2cc(C)c(=O)[nH]c2=O)OC1Cn1cc(-c2ccc(-c3ccc(-c4cn(CCCCC(C)=O)nn4)cc3)cc2)nn1. The second-order valence-corrected chi connectivity index (χ2v) is 13.7. The Balaban J connectivity index is 1.11. The van der Waals surface area contributed by atoms with Crippen LogP contribution in [0, 0.1) is 6.92 Å². The van der Waals surface area contributed by atoms with Gasteiger partial charge in [-0.15, -0.1) is 10.2 Å². The van der Waals surface area contributed by atoms with Crippen LogP contribution >= 0.6 is 7.82 Å². The number of ether oxygens (including phenoxy) is 1. The first-order chi connectivity index (χ1) is 24.0. The number of benzene rings is 2. The summed E-state index contributed by atoms with van der Waals surface area (Å²) in [7, 11) is -3.34. The van der Waals surface area contributed by atoms with E-state index in [9.17, 15) is 23.8 Å². The van der Waals surface area contributed by atoms with Crippen LogP contribution in [0.1, 0.15) is 44.4 Å². The largest absolute Gasteiger partial charge is 0.472 e. The smallest absolute Gasteiger partial charge is 0.350 e. The van der Waals surface area contributed by atoms with Gasteiger partial charge in [0.15, 0.2) is 0 Å². The molecule has 4 heterocycles. The average Bonchev–Trinajstić information content (AvgIpc) is 3.86. The third kappa shape index (κ3) is 8.29. The number of hydrogen-bond donors (Lipinski definition) is 2. The normalized spacial score (nSPS) is 18.7. The highest BCUT2D eigenvalue weighted by atomic mass is 31.2. The molecule has 262 valence electrons. The Kier molecular flexibility index (Phi) is 10.5. The van der Waals surface area contributed by atoms with Crippen molar-refractivity contribution in [3.63, 3.8) is 0 Å². The number of aromatic amines is 1. The van der Waals surface area contributed by atoms with Gasteiger partial charge in [-0.1, -0.05) is 59.0 Å². The molecule has 6 rings (SSSR count). The van der Waals surface area contributed by atoms with Crippen molar-refractivity contribution in [1.82, 2.24) is 39.5 Å². The maximum Gasteiger partial charge on any atom is 0.472 e. The monoisotopic (exact) mass is 704 g/mol. The van der Waals surface area contributed by atoms with Gasteiger partial charge >= 0.3 is 13.5 Å². The predicted octanol–water partition coefficient (Wildman–Crippen LogP) is 3.91. The number of nitrogens with zero attached hydrogens (tertiary/aromatic N) is 7. The summed E-state index contributed by atoms with van der Waals surface area (Å²) in [6.07, 6.45) is 4.70. The molecule has 0 aliphatic carbocycles. The quantitative estimate of drug-likeness (QED) is 0.125. The van der Waals surface area contributed by atoms with Crippen molar-refractivity contribution >= 4 is 13.6 Å². The minimum absolute atomic E-state index is 0.0390. The number of ketones is 1. The highest BCUT2D eigenvalue weighted by Crippen LogP contribution is 2.47. The molecule has 0 saturated carbocycles. The summed E-state index contributed by atoms with van der Waals surface area (Å²) in [6, 6.07) is 15.9. The van der Waals surface area contributed by atoms with Crippen LogP contribution in [-0.2, 0) is 36.2 Å². The maximum atomic E-state index is 12.5. The first kappa shape index (κ1) is 35.0. The second-order valence-electron chi connectivity index (χ2n) is 12.1. The molecular weight excluding hydrogens is 667 g/mol. The number of rotatable bonds is 14. The molecule has 0 bridgehead atoms. The molecule has 2 N–H and O–H groups in total. The molecule has 4 unspecified atom stereocenters. The third-order valence-corrected chi connectivity index (χ3v) is 9.44. The van der Waals surface area contributed by atoms with Crippen LogP contribution in [0.4, 0.5) is 0 Å². The summed E-state index contributed by atoms with van der Waals surface area (Å²) in [6.45, 7) is 3.96. The lowest BCUT2D eigenvalue weighted by Gasteiger charge is -2.20. The molecular formula is C33H37N8O8P. The number of aromatic nitrogens is 8. The van der Waals surface area contributed by atoms with E-state index in [1.54, 1.807) is 24.7 Å². The van der Waals surface area contributed by atoms with E-state index in [2.05, 4.69) is 30.1 Å². The summed E-state index contributed by atoms with van der Waals surface area (Å²) in [4.78, 5) is 47.8. The molecule has 16 nitrogen and oxygen atoms in total. The maximum absolute atomic E-state index is 12.5. The van der Waals surface area contributed by atoms with E-state index in [1.807, 2.05) is 54.7 Å². The fourth-order valence-corrected chi connectivity index (χ4v) is 6.37. The first-order valence-corrected chi connectivity index (χ1v) is 17.5. The Morgan fingerprint density at radius 2 is 1.52 bits per heavy atom. The summed E-state index contributed by atoms with van der Waals surface area (Å²) in [5, 5.41) is 17.0. The minimum Gasteiger partial charge on any atom is -0.350 e. The molecule has 5 aromatic rings. The van der Waals surface area contributed by atoms with Gasteiger partial charge in [-0.25, -0.2) is 14.0 Å². The number of phosphoric ester groups is 1. The molecule has 1 fully saturated rings. The van der Waals surface area contributed by atoms with E-state index in [0.717, 1.165) is 47.9 Å². The number of aryl methyl sites for hydroxylation is 2. The Morgan fingerprint density at radius 3 is 2.12 bits per heavy atom. The number of Topliss-reactive ketones (excluding diaryl/α,β-unsaturated/α-hetero) is 1. The predicted molar refractivity (Wildman–Crippen MR) is 181 cm³/mol. The summed E-state index contributed by atoms with van der Waals surface area (Å²) >= 11 is 0. The van der Waals surface area contributed by atoms with E-state index in [-0.39, 0.29) is 18.7 Å². The number of carbonyl (C=O) groups is 1. The molecule has 3 aromatic heterocycles. The molecule has 50 heavy (non-hydrogen) atoms. The number of nitrogens with one attached hydrogen (secondary N) is 1. The highest BCUT2D eigenvalue weighted by molar-refractivity contribution is 7.47. The Morgan fingerprint density at radius 1 is 0.940 bits per heavy atom. The standard InChI is InChI=1S/C33H37N8O8P/c1-21-17-41(33(44)34-32(21)43)31-16-29(49-50(45,46)47-3)30(48-31)20-40-19-28(36-38-40)26-13-9-24(10-14-26)23-7-11-25(12-8-23)27-18-39(37-35-27)15-5-4-6-22(2)42/h7-14,17-19,29-31H,4-6,15-16,20H2,1-3H3,(H,45,46)(H,34,43,44). The van der Waals surface area contributed by atoms with Gasteiger partial charge in [-0.2, -0.15) is 0 Å². The number of carbonyl (C=O) groups excluding carboxylic acids is 1. The van der Waals surface area contributed by atoms with Crippen LogP contribution in [0.2, 0.25) is 0 Å². The number of unbranched alkanes of at least 4 members (excludes halogenated alkanes) is 1. The molecule has 0 amide bonds. The van der Waals surface area contributed by atoms with Crippen molar-refractivity contribution in [3.05, 3.63) is 93.5 Å². The van der Waals surface area contributed by atoms with Crippen molar-refractivity contribution in [1.29, 1.82) is 0 Å². The first-order valence-electron chi connectivity index (χ1n) is 16.0. The Labute approximate surface area is 286 Å². The van der Waals surface area contributed by atoms with Crippen LogP contribution < -0.4 is 11.2 Å². The van der Waals surface area contributed by atoms with E-state index in [1.165, 1.54) is 15.4 Å². The van der Waals surface area contributed by atoms with E-state index < -0.39 is 37.5 Å². The van der Waals surface area contributed by atoms with Gasteiger partial charge in [0.25, 0.3) is 5.56 Å². The van der Waals surface area contributed by atoms with Crippen LogP contribution in [-0.4, -0.2) is 69.5 Å². The highest BCUT2D eigenvalue weighted by Gasteiger charge is 2.42. The van der Waals surface area contributed by atoms with Crippen molar-refractivity contribution in [2.24, 2.45) is 0 Å². The van der Waals surface area contributed by atoms with Crippen LogP contribution in [0.25, 0.3) is 33.6 Å². The van der Waals surface area contributed by atoms with Gasteiger partial charge in [-0.05, 0) is 37.8 Å². The number of hydrogen-bond acceptors (Lipinski definition) is 11. The molecule has 4 atom stereocenters. The molecule has 0 spiro atoms. The number of phosphoric acid groups is 1. The van der Waals surface area contributed by atoms with Crippen molar-refractivity contribution < 1.29 is 28.0 Å². The zero-order chi connectivity index (χ0) is 35.4. The molecule has 17 heteroatoms. The van der Waals surface area contributed by atoms with Crippen LogP contribution in [0.5, 0.6) is 0 Å². The zero-order valence-electron chi connectivity index (χ0n) is 27.7. The average molecular weight is 705 g/mol. The minimum atomic E-state index is -4.40. The van der Waals surface area contributed by atoms with Crippen molar-refractivity contribution in [2.75, 3.05) is 7.11 Å². The van der Waals surface area contributed by atoms with Gasteiger partial charge in [-0.3, -0.25) is 28.1 Å². The number of H-pyrrole nitrogens is 1. The Hall–Kier alpha value is -4.86. The second kappa shape index (κ2) is 14.9. The Bertz CT molecular complexity index is 2120. The lowest BCUT2D eigenvalue weighted by Crippen LogP contribution is -2.33. The van der Waals surface area contributed by atoms with Crippen molar-refractivity contribution in [2.45, 2.75) is 71.1 Å². The van der Waals surface area contributed by atoms with Gasteiger partial charge < -0.3 is 14.4 Å². The van der Waals surface area contributed by atoms with Crippen molar-refractivity contribution in [3.8, 4) is 33.6 Å². The van der Waals surface area contributed by atoms with Crippen LogP contribution in [0.15, 0.2) is 76.7 Å². The fourth-order valence-electron chi connectivity index (χ4n) is 5.72. The molecule has 0 radical (unpaired) electrons. The molecule has 1 aliphatic rings. The molecule has 1 saturated heterocycles. The van der Waals surface area contributed by atoms with E-state index >= 15 is 0 Å². The van der Waals surface area contributed by atoms with Gasteiger partial charge in [0.05, 0.1) is 18.9 Å². The van der Waals surface area contributed by atoms with Gasteiger partial charge in [0, 0.05) is 49.4 Å². The third-order valence-electron chi connectivity index (χ3n) is 8.44. The van der Waals surface area contributed by atoms with Gasteiger partial charge in [0.2, 0.25) is 0 Å². The van der Waals surface area contributed by atoms with Crippen LogP contribution in [0.3, 0.4) is 0 Å². The van der Waals surface area contributed by atoms with E-state index in [0.29, 0.717) is 24.2 Å². The zero-order valence-corrected chi connectivity index (χ0v) is 28.6.